The van der Waals surface area contributed by atoms with Gasteiger partial charge in [-0.05, 0) is 63.0 Å². The zero-order valence-electron chi connectivity index (χ0n) is 30.6. The number of likely N-dealkylation sites (N-methyl/N-ethyl adjacent to an activating group) is 1. The molecule has 1 aliphatic heterocycles. The monoisotopic (exact) mass is 657 g/mol. The molecule has 0 aromatic heterocycles. The Labute approximate surface area is 283 Å². The second-order valence-electron chi connectivity index (χ2n) is 14.3. The van der Waals surface area contributed by atoms with Crippen molar-refractivity contribution in [3.05, 3.63) is 35.9 Å². The normalized spacial score (nSPS) is 19.4. The quantitative estimate of drug-likeness (QED) is 0.178. The van der Waals surface area contributed by atoms with Crippen molar-refractivity contribution in [3.8, 4) is 0 Å². The molecule has 4 N–H and O–H groups in total. The molecule has 0 aliphatic carbocycles. The number of rotatable bonds is 19. The summed E-state index contributed by atoms with van der Waals surface area (Å²) in [6.07, 6.45) is 3.44. The third-order valence-electron chi connectivity index (χ3n) is 9.70. The van der Waals surface area contributed by atoms with Gasteiger partial charge in [-0.2, -0.15) is 0 Å². The van der Waals surface area contributed by atoms with E-state index in [-0.39, 0.29) is 65.8 Å². The second-order valence-corrected chi connectivity index (χ2v) is 14.3. The molecule has 1 heterocycles. The summed E-state index contributed by atoms with van der Waals surface area (Å²) in [5, 5.41) is 12.3. The SMILES string of the molecule is CC[C@H](C)C(NC(=O)C(NC(=O)[C@@H](NC)C(C)C)C(C)C)[C@@H](CC(=O)N1CCC[C@H]1C[C@@H](C)C(=O)N[C@H](C)Cc1ccccc1)OC. The van der Waals surface area contributed by atoms with Crippen LogP contribution in [0, 0.1) is 23.7 Å². The highest BCUT2D eigenvalue weighted by Crippen LogP contribution is 2.26. The number of ether oxygens (including phenoxy) is 1. The molecule has 266 valence electrons. The van der Waals surface area contributed by atoms with Crippen LogP contribution in [0.5, 0.6) is 0 Å². The number of nitrogens with one attached hydrogen (secondary N) is 4. The van der Waals surface area contributed by atoms with Gasteiger partial charge < -0.3 is 30.9 Å². The van der Waals surface area contributed by atoms with Gasteiger partial charge in [-0.25, -0.2) is 0 Å². The fourth-order valence-electron chi connectivity index (χ4n) is 6.63. The topological polar surface area (TPSA) is 129 Å². The number of carbonyl (C=O) groups is 4. The molecule has 1 aromatic carbocycles. The average Bonchev–Trinajstić information content (AvgIpc) is 3.49. The van der Waals surface area contributed by atoms with Crippen molar-refractivity contribution >= 4 is 23.6 Å². The van der Waals surface area contributed by atoms with Crippen molar-refractivity contribution in [2.45, 2.75) is 130 Å². The minimum atomic E-state index is -0.733. The van der Waals surface area contributed by atoms with Gasteiger partial charge in [0.05, 0.1) is 24.6 Å². The lowest BCUT2D eigenvalue weighted by Gasteiger charge is -2.35. The third kappa shape index (κ3) is 12.2. The smallest absolute Gasteiger partial charge is 0.243 e. The van der Waals surface area contributed by atoms with Crippen LogP contribution in [0.1, 0.15) is 93.1 Å². The van der Waals surface area contributed by atoms with Crippen LogP contribution in [0.2, 0.25) is 0 Å². The molecule has 10 heteroatoms. The largest absolute Gasteiger partial charge is 0.379 e. The molecule has 1 saturated heterocycles. The predicted molar refractivity (Wildman–Crippen MR) is 188 cm³/mol. The maximum Gasteiger partial charge on any atom is 0.243 e. The number of methoxy groups -OCH3 is 1. The molecular weight excluding hydrogens is 594 g/mol. The van der Waals surface area contributed by atoms with Gasteiger partial charge in [0.2, 0.25) is 23.6 Å². The van der Waals surface area contributed by atoms with E-state index < -0.39 is 24.2 Å². The van der Waals surface area contributed by atoms with E-state index >= 15 is 0 Å². The summed E-state index contributed by atoms with van der Waals surface area (Å²) in [5.74, 6) is -0.832. The van der Waals surface area contributed by atoms with Crippen LogP contribution in [-0.2, 0) is 30.3 Å². The number of nitrogens with zero attached hydrogens (tertiary/aromatic N) is 1. The third-order valence-corrected chi connectivity index (χ3v) is 9.70. The number of hydrogen-bond donors (Lipinski definition) is 4. The highest BCUT2D eigenvalue weighted by Gasteiger charge is 2.37. The molecular formula is C37H63N5O5. The van der Waals surface area contributed by atoms with E-state index in [9.17, 15) is 19.2 Å². The first kappa shape index (κ1) is 40.2. The van der Waals surface area contributed by atoms with Crippen LogP contribution >= 0.6 is 0 Å². The van der Waals surface area contributed by atoms with E-state index in [0.29, 0.717) is 13.0 Å². The minimum absolute atomic E-state index is 0.00303. The Morgan fingerprint density at radius 2 is 1.49 bits per heavy atom. The average molecular weight is 658 g/mol. The summed E-state index contributed by atoms with van der Waals surface area (Å²) in [7, 11) is 3.31. The molecule has 4 amide bonds. The lowest BCUT2D eigenvalue weighted by atomic mass is 9.90. The van der Waals surface area contributed by atoms with Gasteiger partial charge in [0.15, 0.2) is 0 Å². The fraction of sp³-hybridized carbons (Fsp3) is 0.730. The fourth-order valence-corrected chi connectivity index (χ4v) is 6.63. The number of carbonyl (C=O) groups excluding carboxylic acids is 4. The molecule has 1 aromatic rings. The Kier molecular flexibility index (Phi) is 16.9. The number of benzene rings is 1. The van der Waals surface area contributed by atoms with Crippen molar-refractivity contribution in [1.82, 2.24) is 26.2 Å². The molecule has 2 unspecified atom stereocenters. The summed E-state index contributed by atoms with van der Waals surface area (Å²) in [6, 6.07) is 8.51. The van der Waals surface area contributed by atoms with Crippen molar-refractivity contribution in [3.63, 3.8) is 0 Å². The Hall–Kier alpha value is -2.98. The molecule has 1 aliphatic rings. The lowest BCUT2D eigenvalue weighted by Crippen LogP contribution is -2.59. The van der Waals surface area contributed by atoms with E-state index in [1.807, 2.05) is 78.5 Å². The van der Waals surface area contributed by atoms with Crippen molar-refractivity contribution in [2.75, 3.05) is 20.7 Å². The molecule has 10 nitrogen and oxygen atoms in total. The van der Waals surface area contributed by atoms with Crippen molar-refractivity contribution in [2.24, 2.45) is 23.7 Å². The number of amides is 4. The first-order valence-electron chi connectivity index (χ1n) is 17.7. The first-order chi connectivity index (χ1) is 22.2. The predicted octanol–water partition coefficient (Wildman–Crippen LogP) is 4.07. The van der Waals surface area contributed by atoms with Crippen LogP contribution < -0.4 is 21.3 Å². The van der Waals surface area contributed by atoms with Gasteiger partial charge in [-0.1, -0.05) is 85.2 Å². The highest BCUT2D eigenvalue weighted by molar-refractivity contribution is 5.90. The molecule has 1 fully saturated rings. The van der Waals surface area contributed by atoms with Gasteiger partial charge >= 0.3 is 0 Å². The van der Waals surface area contributed by atoms with Crippen LogP contribution in [0.4, 0.5) is 0 Å². The first-order valence-corrected chi connectivity index (χ1v) is 17.7. The van der Waals surface area contributed by atoms with Crippen molar-refractivity contribution in [1.29, 1.82) is 0 Å². The van der Waals surface area contributed by atoms with Gasteiger partial charge in [0, 0.05) is 31.7 Å². The molecule has 2 rings (SSSR count). The molecule has 0 radical (unpaired) electrons. The lowest BCUT2D eigenvalue weighted by molar-refractivity contribution is -0.138. The zero-order valence-corrected chi connectivity index (χ0v) is 30.6. The number of hydrogen-bond acceptors (Lipinski definition) is 6. The van der Waals surface area contributed by atoms with E-state index in [1.165, 1.54) is 5.56 Å². The van der Waals surface area contributed by atoms with Gasteiger partial charge in [-0.15, -0.1) is 0 Å². The standard InChI is InChI=1S/C37H63N5O5/c1-11-25(6)34(41-37(46)33(24(4)5)40-36(45)32(38-9)23(2)3)30(47-10)22-31(43)42-19-15-18-29(42)20-26(7)35(44)39-27(8)21-28-16-13-12-14-17-28/h12-14,16-17,23-27,29-30,32-34,38H,11,15,18-22H2,1-10H3,(H,39,44)(H,40,45)(H,41,46)/t25-,26+,27+,29-,30+,32-,33?,34?/m0/s1. The van der Waals surface area contributed by atoms with E-state index in [2.05, 4.69) is 33.4 Å². The maximum absolute atomic E-state index is 13.8. The Balaban J connectivity index is 2.07. The van der Waals surface area contributed by atoms with Crippen LogP contribution in [0.25, 0.3) is 0 Å². The number of likely N-dealkylation sites (tertiary alicyclic amines) is 1. The maximum atomic E-state index is 13.8. The van der Waals surface area contributed by atoms with E-state index in [4.69, 9.17) is 4.74 Å². The summed E-state index contributed by atoms with van der Waals surface area (Å²) >= 11 is 0. The molecule has 0 bridgehead atoms. The Morgan fingerprint density at radius 1 is 0.872 bits per heavy atom. The van der Waals surface area contributed by atoms with Crippen molar-refractivity contribution < 1.29 is 23.9 Å². The van der Waals surface area contributed by atoms with E-state index in [0.717, 1.165) is 25.7 Å². The minimum Gasteiger partial charge on any atom is -0.379 e. The molecule has 8 atom stereocenters. The van der Waals surface area contributed by atoms with E-state index in [1.54, 1.807) is 14.2 Å². The van der Waals surface area contributed by atoms with Crippen LogP contribution in [0.3, 0.4) is 0 Å². The molecule has 0 saturated carbocycles. The summed E-state index contributed by atoms with van der Waals surface area (Å²) in [4.78, 5) is 55.5. The molecule has 0 spiro atoms. The van der Waals surface area contributed by atoms with Gasteiger partial charge in [0.25, 0.3) is 0 Å². The zero-order chi connectivity index (χ0) is 35.3. The summed E-state index contributed by atoms with van der Waals surface area (Å²) in [5.41, 5.74) is 1.18. The Morgan fingerprint density at radius 3 is 2.04 bits per heavy atom. The summed E-state index contributed by atoms with van der Waals surface area (Å²) in [6.45, 7) is 16.4. The van der Waals surface area contributed by atoms with Gasteiger partial charge in [0.1, 0.15) is 6.04 Å². The highest BCUT2D eigenvalue weighted by atomic mass is 16.5. The second kappa shape index (κ2) is 19.7. The van der Waals surface area contributed by atoms with Crippen LogP contribution in [-0.4, -0.2) is 85.5 Å². The van der Waals surface area contributed by atoms with Gasteiger partial charge in [-0.3, -0.25) is 19.2 Å². The Bertz CT molecular complexity index is 1130. The van der Waals surface area contributed by atoms with Crippen LogP contribution in [0.15, 0.2) is 30.3 Å². The molecule has 47 heavy (non-hydrogen) atoms. The summed E-state index contributed by atoms with van der Waals surface area (Å²) < 4.78 is 5.90.